The number of thioether (sulfide) groups is 1. The van der Waals surface area contributed by atoms with E-state index in [1.54, 1.807) is 11.8 Å². The summed E-state index contributed by atoms with van der Waals surface area (Å²) >= 11 is 1.79. The van der Waals surface area contributed by atoms with E-state index < -0.39 is 0 Å². The van der Waals surface area contributed by atoms with Gasteiger partial charge in [-0.3, -0.25) is 0 Å². The van der Waals surface area contributed by atoms with E-state index in [0.717, 1.165) is 5.92 Å². The van der Waals surface area contributed by atoms with Gasteiger partial charge >= 0.3 is 0 Å². The van der Waals surface area contributed by atoms with Crippen LogP contribution in [-0.2, 0) is 0 Å². The Balaban J connectivity index is 1.89. The van der Waals surface area contributed by atoms with Crippen LogP contribution in [0.2, 0.25) is 0 Å². The summed E-state index contributed by atoms with van der Waals surface area (Å²) in [6.45, 7) is 10.6. The summed E-state index contributed by atoms with van der Waals surface area (Å²) in [5.41, 5.74) is 1.50. The number of hydrogen-bond donors (Lipinski definition) is 1. The minimum absolute atomic E-state index is 0.244. The van der Waals surface area contributed by atoms with Crippen LogP contribution in [0.5, 0.6) is 0 Å². The molecule has 0 amide bonds. The quantitative estimate of drug-likeness (QED) is 0.813. The van der Waals surface area contributed by atoms with Crippen molar-refractivity contribution in [2.75, 3.05) is 31.2 Å². The summed E-state index contributed by atoms with van der Waals surface area (Å²) in [6, 6.07) is 8.81. The summed E-state index contributed by atoms with van der Waals surface area (Å²) in [4.78, 5) is 3.93. The molecule has 0 aromatic heterocycles. The standard InChI is InChI=1S/C17H28N2S/c1-14(2)13-19-11-9-17(3,10-12-19)18-15-5-7-16(20-4)8-6-15/h5-8,14,18H,9-13H2,1-4H3. The molecule has 0 unspecified atom stereocenters. The molecule has 0 bridgehead atoms. The first-order valence-electron chi connectivity index (χ1n) is 7.65. The predicted octanol–water partition coefficient (Wildman–Crippen LogP) is 4.33. The summed E-state index contributed by atoms with van der Waals surface area (Å²) in [5, 5.41) is 3.75. The van der Waals surface area contributed by atoms with Gasteiger partial charge < -0.3 is 10.2 Å². The highest BCUT2D eigenvalue weighted by Crippen LogP contribution is 2.28. The van der Waals surface area contributed by atoms with Gasteiger partial charge in [0.2, 0.25) is 0 Å². The van der Waals surface area contributed by atoms with E-state index in [4.69, 9.17) is 0 Å². The lowest BCUT2D eigenvalue weighted by Crippen LogP contribution is -2.48. The Labute approximate surface area is 128 Å². The molecule has 2 rings (SSSR count). The van der Waals surface area contributed by atoms with Crippen molar-refractivity contribution in [2.24, 2.45) is 5.92 Å². The number of nitrogens with zero attached hydrogens (tertiary/aromatic N) is 1. The maximum atomic E-state index is 3.75. The van der Waals surface area contributed by atoms with Gasteiger partial charge in [-0.1, -0.05) is 13.8 Å². The zero-order valence-corrected chi connectivity index (χ0v) is 14.1. The van der Waals surface area contributed by atoms with Crippen molar-refractivity contribution in [2.45, 2.75) is 44.0 Å². The molecule has 0 aliphatic carbocycles. The van der Waals surface area contributed by atoms with Gasteiger partial charge in [0, 0.05) is 35.8 Å². The van der Waals surface area contributed by atoms with Crippen LogP contribution in [0.1, 0.15) is 33.6 Å². The molecule has 1 N–H and O–H groups in total. The molecule has 3 heteroatoms. The van der Waals surface area contributed by atoms with Crippen LogP contribution < -0.4 is 5.32 Å². The van der Waals surface area contributed by atoms with Gasteiger partial charge in [-0.25, -0.2) is 0 Å². The first-order valence-corrected chi connectivity index (χ1v) is 8.88. The Kier molecular flexibility index (Phi) is 5.39. The van der Waals surface area contributed by atoms with Crippen LogP contribution in [0, 0.1) is 5.92 Å². The first kappa shape index (κ1) is 15.7. The van der Waals surface area contributed by atoms with Gasteiger partial charge in [0.1, 0.15) is 0 Å². The molecule has 0 radical (unpaired) electrons. The van der Waals surface area contributed by atoms with E-state index in [2.05, 4.69) is 61.5 Å². The van der Waals surface area contributed by atoms with Crippen LogP contribution in [0.15, 0.2) is 29.2 Å². The van der Waals surface area contributed by atoms with Crippen molar-refractivity contribution in [3.05, 3.63) is 24.3 Å². The second-order valence-corrected chi connectivity index (χ2v) is 7.49. The highest BCUT2D eigenvalue weighted by molar-refractivity contribution is 7.98. The molecule has 1 heterocycles. The van der Waals surface area contributed by atoms with Crippen molar-refractivity contribution in [3.8, 4) is 0 Å². The fourth-order valence-electron chi connectivity index (χ4n) is 2.89. The number of anilines is 1. The average molecular weight is 292 g/mol. The number of hydrogen-bond acceptors (Lipinski definition) is 3. The molecular weight excluding hydrogens is 264 g/mol. The molecule has 1 saturated heterocycles. The largest absolute Gasteiger partial charge is 0.380 e. The SMILES string of the molecule is CSc1ccc(NC2(C)CCN(CC(C)C)CC2)cc1. The van der Waals surface area contributed by atoms with Gasteiger partial charge in [-0.15, -0.1) is 11.8 Å². The summed E-state index contributed by atoms with van der Waals surface area (Å²) in [5.74, 6) is 0.770. The third-order valence-corrected chi connectivity index (χ3v) is 4.86. The van der Waals surface area contributed by atoms with E-state index in [-0.39, 0.29) is 5.54 Å². The van der Waals surface area contributed by atoms with Crippen LogP contribution in [0.4, 0.5) is 5.69 Å². The van der Waals surface area contributed by atoms with E-state index >= 15 is 0 Å². The number of benzene rings is 1. The third kappa shape index (κ3) is 4.42. The lowest BCUT2D eigenvalue weighted by molar-refractivity contribution is 0.166. The molecule has 1 aliphatic heterocycles. The van der Waals surface area contributed by atoms with Crippen molar-refractivity contribution in [1.82, 2.24) is 4.90 Å². The molecule has 1 aliphatic rings. The van der Waals surface area contributed by atoms with Gasteiger partial charge in [0.25, 0.3) is 0 Å². The zero-order chi connectivity index (χ0) is 14.6. The second-order valence-electron chi connectivity index (χ2n) is 6.61. The highest BCUT2D eigenvalue weighted by atomic mass is 32.2. The second kappa shape index (κ2) is 6.86. The van der Waals surface area contributed by atoms with E-state index in [1.807, 2.05) is 0 Å². The topological polar surface area (TPSA) is 15.3 Å². The van der Waals surface area contributed by atoms with Gasteiger partial charge in [-0.2, -0.15) is 0 Å². The first-order chi connectivity index (χ1) is 9.50. The number of rotatable bonds is 5. The van der Waals surface area contributed by atoms with Crippen molar-refractivity contribution < 1.29 is 0 Å². The number of piperidine rings is 1. The molecule has 0 atom stereocenters. The number of nitrogens with one attached hydrogen (secondary N) is 1. The van der Waals surface area contributed by atoms with Crippen molar-refractivity contribution in [1.29, 1.82) is 0 Å². The molecule has 1 aromatic carbocycles. The van der Waals surface area contributed by atoms with Gasteiger partial charge in [0.05, 0.1) is 0 Å². The maximum Gasteiger partial charge on any atom is 0.0370 e. The maximum absolute atomic E-state index is 3.75. The van der Waals surface area contributed by atoms with Crippen LogP contribution in [-0.4, -0.2) is 36.3 Å². The molecule has 0 saturated carbocycles. The lowest BCUT2D eigenvalue weighted by atomic mass is 9.89. The highest BCUT2D eigenvalue weighted by Gasteiger charge is 2.29. The molecule has 1 aromatic rings. The molecule has 1 fully saturated rings. The van der Waals surface area contributed by atoms with Crippen molar-refractivity contribution >= 4 is 17.4 Å². The van der Waals surface area contributed by atoms with E-state index in [0.29, 0.717) is 0 Å². The molecule has 112 valence electrons. The smallest absolute Gasteiger partial charge is 0.0370 e. The van der Waals surface area contributed by atoms with Gasteiger partial charge in [-0.05, 0) is 56.2 Å². The van der Waals surface area contributed by atoms with E-state index in [9.17, 15) is 0 Å². The third-order valence-electron chi connectivity index (χ3n) is 4.12. The Bertz CT molecular complexity index is 406. The van der Waals surface area contributed by atoms with Crippen LogP contribution >= 0.6 is 11.8 Å². The molecule has 0 spiro atoms. The van der Waals surface area contributed by atoms with Gasteiger partial charge in [0.15, 0.2) is 0 Å². The summed E-state index contributed by atoms with van der Waals surface area (Å²) in [6.07, 6.45) is 4.57. The zero-order valence-electron chi connectivity index (χ0n) is 13.3. The van der Waals surface area contributed by atoms with Crippen molar-refractivity contribution in [3.63, 3.8) is 0 Å². The fraction of sp³-hybridized carbons (Fsp3) is 0.647. The molecule has 2 nitrogen and oxygen atoms in total. The number of likely N-dealkylation sites (tertiary alicyclic amines) is 1. The average Bonchev–Trinajstić information content (AvgIpc) is 2.42. The fourth-order valence-corrected chi connectivity index (χ4v) is 3.30. The minimum atomic E-state index is 0.244. The Morgan fingerprint density at radius 3 is 2.30 bits per heavy atom. The predicted molar refractivity (Wildman–Crippen MR) is 90.8 cm³/mol. The minimum Gasteiger partial charge on any atom is -0.380 e. The van der Waals surface area contributed by atoms with Crippen LogP contribution in [0.25, 0.3) is 0 Å². The van der Waals surface area contributed by atoms with E-state index in [1.165, 1.54) is 43.1 Å². The summed E-state index contributed by atoms with van der Waals surface area (Å²) in [7, 11) is 0. The Morgan fingerprint density at radius 2 is 1.80 bits per heavy atom. The Morgan fingerprint density at radius 1 is 1.20 bits per heavy atom. The van der Waals surface area contributed by atoms with Crippen LogP contribution in [0.3, 0.4) is 0 Å². The molecule has 20 heavy (non-hydrogen) atoms. The Hall–Kier alpha value is -0.670. The monoisotopic (exact) mass is 292 g/mol. The lowest BCUT2D eigenvalue weighted by Gasteiger charge is -2.41. The normalized spacial score (nSPS) is 19.2. The summed E-state index contributed by atoms with van der Waals surface area (Å²) < 4.78 is 0. The molecular formula is C17H28N2S.